The average molecular weight is 260 g/mol. The van der Waals surface area contributed by atoms with Crippen molar-refractivity contribution in [2.75, 3.05) is 13.7 Å². The molecule has 0 aliphatic rings. The minimum Gasteiger partial charge on any atom is -0.497 e. The monoisotopic (exact) mass is 260 g/mol. The van der Waals surface area contributed by atoms with E-state index in [-0.39, 0.29) is 18.7 Å². The molecule has 100 valence electrons. The predicted molar refractivity (Wildman–Crippen MR) is 72.9 cm³/mol. The van der Waals surface area contributed by atoms with Gasteiger partial charge in [0.25, 0.3) is 0 Å². The SMILES string of the molecule is CCOC(=O)C(=N)Cc1c[nH]c2ccc(OC)cc12. The molecule has 0 aliphatic carbocycles. The van der Waals surface area contributed by atoms with Crippen LogP contribution in [0, 0.1) is 5.41 Å². The lowest BCUT2D eigenvalue weighted by atomic mass is 10.1. The maximum absolute atomic E-state index is 11.4. The van der Waals surface area contributed by atoms with Crippen LogP contribution in [0.25, 0.3) is 10.9 Å². The molecule has 0 spiro atoms. The molecule has 0 fully saturated rings. The maximum atomic E-state index is 11.4. The van der Waals surface area contributed by atoms with Gasteiger partial charge in [0.15, 0.2) is 0 Å². The fourth-order valence-electron chi connectivity index (χ4n) is 1.91. The molecule has 0 aliphatic heterocycles. The van der Waals surface area contributed by atoms with Gasteiger partial charge >= 0.3 is 5.97 Å². The van der Waals surface area contributed by atoms with E-state index in [1.165, 1.54) is 0 Å². The van der Waals surface area contributed by atoms with Crippen molar-refractivity contribution in [3.63, 3.8) is 0 Å². The quantitative estimate of drug-likeness (QED) is 0.639. The Hall–Kier alpha value is -2.30. The fourth-order valence-corrected chi connectivity index (χ4v) is 1.91. The summed E-state index contributed by atoms with van der Waals surface area (Å²) in [5.41, 5.74) is 1.78. The lowest BCUT2D eigenvalue weighted by Gasteiger charge is -2.04. The van der Waals surface area contributed by atoms with Crippen LogP contribution in [-0.2, 0) is 16.0 Å². The van der Waals surface area contributed by atoms with Crippen LogP contribution in [0.3, 0.4) is 0 Å². The first kappa shape index (κ1) is 13.1. The van der Waals surface area contributed by atoms with Gasteiger partial charge in [-0.3, -0.25) is 5.41 Å². The Labute approximate surface area is 111 Å². The minimum absolute atomic E-state index is 0.0504. The highest BCUT2D eigenvalue weighted by Gasteiger charge is 2.14. The van der Waals surface area contributed by atoms with E-state index in [0.717, 1.165) is 22.2 Å². The first-order valence-electron chi connectivity index (χ1n) is 6.04. The van der Waals surface area contributed by atoms with Crippen molar-refractivity contribution < 1.29 is 14.3 Å². The average Bonchev–Trinajstić information content (AvgIpc) is 2.81. The molecule has 0 bridgehead atoms. The van der Waals surface area contributed by atoms with Gasteiger partial charge in [0.05, 0.1) is 13.7 Å². The van der Waals surface area contributed by atoms with E-state index in [0.29, 0.717) is 0 Å². The van der Waals surface area contributed by atoms with E-state index in [1.807, 2.05) is 18.2 Å². The zero-order chi connectivity index (χ0) is 13.8. The number of fused-ring (bicyclic) bond motifs is 1. The molecule has 0 saturated carbocycles. The number of esters is 1. The zero-order valence-electron chi connectivity index (χ0n) is 10.9. The highest BCUT2D eigenvalue weighted by atomic mass is 16.5. The molecule has 1 aromatic heterocycles. The molecule has 1 heterocycles. The Morgan fingerprint density at radius 3 is 2.89 bits per heavy atom. The number of ether oxygens (including phenoxy) is 2. The first-order chi connectivity index (χ1) is 9.15. The summed E-state index contributed by atoms with van der Waals surface area (Å²) in [5, 5.41) is 8.68. The van der Waals surface area contributed by atoms with Crippen LogP contribution in [0.1, 0.15) is 12.5 Å². The van der Waals surface area contributed by atoms with Crippen molar-refractivity contribution in [2.45, 2.75) is 13.3 Å². The van der Waals surface area contributed by atoms with Crippen LogP contribution >= 0.6 is 0 Å². The number of carbonyl (C=O) groups is 1. The summed E-state index contributed by atoms with van der Waals surface area (Å²) in [6.07, 6.45) is 2.05. The molecule has 2 N–H and O–H groups in total. The topological polar surface area (TPSA) is 75.2 Å². The second kappa shape index (κ2) is 5.56. The van der Waals surface area contributed by atoms with E-state index < -0.39 is 5.97 Å². The van der Waals surface area contributed by atoms with E-state index in [2.05, 4.69) is 4.98 Å². The van der Waals surface area contributed by atoms with Gasteiger partial charge in [-0.25, -0.2) is 4.79 Å². The number of nitrogens with one attached hydrogen (secondary N) is 2. The minimum atomic E-state index is -0.570. The largest absolute Gasteiger partial charge is 0.497 e. The Balaban J connectivity index is 2.25. The van der Waals surface area contributed by atoms with Crippen molar-refractivity contribution in [3.8, 4) is 5.75 Å². The summed E-state index contributed by atoms with van der Waals surface area (Å²) in [7, 11) is 1.61. The Bertz CT molecular complexity index is 616. The van der Waals surface area contributed by atoms with E-state index in [9.17, 15) is 4.79 Å². The van der Waals surface area contributed by atoms with Gasteiger partial charge in [-0.2, -0.15) is 0 Å². The molecule has 5 heteroatoms. The number of benzene rings is 1. The molecule has 2 rings (SSSR count). The highest BCUT2D eigenvalue weighted by Crippen LogP contribution is 2.24. The third kappa shape index (κ3) is 2.76. The standard InChI is InChI=1S/C14H16N2O3/c1-3-19-14(17)12(15)6-9-8-16-13-5-4-10(18-2)7-11(9)13/h4-5,7-8,15-16H,3,6H2,1-2H3. The Kier molecular flexibility index (Phi) is 3.85. The number of aromatic amines is 1. The van der Waals surface area contributed by atoms with Crippen molar-refractivity contribution in [1.82, 2.24) is 4.98 Å². The number of carbonyl (C=O) groups excluding carboxylic acids is 1. The molecule has 5 nitrogen and oxygen atoms in total. The summed E-state index contributed by atoms with van der Waals surface area (Å²) in [4.78, 5) is 14.6. The van der Waals surface area contributed by atoms with Crippen LogP contribution < -0.4 is 4.74 Å². The number of methoxy groups -OCH3 is 1. The summed E-state index contributed by atoms with van der Waals surface area (Å²) in [6, 6.07) is 5.66. The van der Waals surface area contributed by atoms with Crippen molar-refractivity contribution in [3.05, 3.63) is 30.0 Å². The summed E-state index contributed by atoms with van der Waals surface area (Å²) in [6.45, 7) is 2.00. The van der Waals surface area contributed by atoms with E-state index in [1.54, 1.807) is 20.2 Å². The second-order valence-electron chi connectivity index (χ2n) is 4.10. The molecule has 0 amide bonds. The second-order valence-corrected chi connectivity index (χ2v) is 4.10. The molecule has 0 radical (unpaired) electrons. The van der Waals surface area contributed by atoms with Gasteiger partial charge in [0.1, 0.15) is 11.5 Å². The van der Waals surface area contributed by atoms with Crippen LogP contribution in [0.2, 0.25) is 0 Å². The zero-order valence-corrected chi connectivity index (χ0v) is 10.9. The number of aromatic nitrogens is 1. The van der Waals surface area contributed by atoms with Gasteiger partial charge in [0.2, 0.25) is 0 Å². The van der Waals surface area contributed by atoms with Gasteiger partial charge in [-0.1, -0.05) is 0 Å². The maximum Gasteiger partial charge on any atom is 0.352 e. The molecule has 0 saturated heterocycles. The summed E-state index contributed by atoms with van der Waals surface area (Å²) < 4.78 is 9.99. The number of hydrogen-bond acceptors (Lipinski definition) is 4. The van der Waals surface area contributed by atoms with Crippen molar-refractivity contribution in [1.29, 1.82) is 5.41 Å². The molecule has 19 heavy (non-hydrogen) atoms. The Morgan fingerprint density at radius 1 is 1.42 bits per heavy atom. The van der Waals surface area contributed by atoms with Gasteiger partial charge in [-0.05, 0) is 30.7 Å². The Morgan fingerprint density at radius 2 is 2.21 bits per heavy atom. The first-order valence-corrected chi connectivity index (χ1v) is 6.04. The van der Waals surface area contributed by atoms with Gasteiger partial charge in [-0.15, -0.1) is 0 Å². The molecule has 1 aromatic carbocycles. The van der Waals surface area contributed by atoms with Gasteiger partial charge in [0, 0.05) is 23.5 Å². The number of hydrogen-bond donors (Lipinski definition) is 2. The highest BCUT2D eigenvalue weighted by molar-refractivity contribution is 6.35. The van der Waals surface area contributed by atoms with Crippen LogP contribution in [0.5, 0.6) is 5.75 Å². The van der Waals surface area contributed by atoms with Crippen molar-refractivity contribution in [2.24, 2.45) is 0 Å². The smallest absolute Gasteiger partial charge is 0.352 e. The number of rotatable bonds is 5. The predicted octanol–water partition coefficient (Wildman–Crippen LogP) is 2.30. The summed E-state index contributed by atoms with van der Waals surface area (Å²) >= 11 is 0. The summed E-state index contributed by atoms with van der Waals surface area (Å²) in [5.74, 6) is 0.177. The van der Waals surface area contributed by atoms with Crippen molar-refractivity contribution >= 4 is 22.6 Å². The molecule has 0 unspecified atom stereocenters. The van der Waals surface area contributed by atoms with Crippen LogP contribution in [-0.4, -0.2) is 30.4 Å². The molecular formula is C14H16N2O3. The lowest BCUT2D eigenvalue weighted by molar-refractivity contribution is -0.135. The third-order valence-electron chi connectivity index (χ3n) is 2.86. The molecule has 2 aromatic rings. The lowest BCUT2D eigenvalue weighted by Crippen LogP contribution is -2.18. The fraction of sp³-hybridized carbons (Fsp3) is 0.286. The van der Waals surface area contributed by atoms with Gasteiger partial charge < -0.3 is 14.5 Å². The molecule has 0 atom stereocenters. The third-order valence-corrected chi connectivity index (χ3v) is 2.86. The van der Waals surface area contributed by atoms with Crippen LogP contribution in [0.4, 0.5) is 0 Å². The van der Waals surface area contributed by atoms with E-state index >= 15 is 0 Å². The van der Waals surface area contributed by atoms with E-state index in [4.69, 9.17) is 14.9 Å². The molecular weight excluding hydrogens is 244 g/mol. The number of H-pyrrole nitrogens is 1. The van der Waals surface area contributed by atoms with Crippen LogP contribution in [0.15, 0.2) is 24.4 Å². The normalized spacial score (nSPS) is 10.4.